The van der Waals surface area contributed by atoms with Crippen molar-refractivity contribution in [2.24, 2.45) is 0 Å². The molecule has 0 aliphatic carbocycles. The Bertz CT molecular complexity index is 666. The molecule has 1 fully saturated rings. The highest BCUT2D eigenvalue weighted by Gasteiger charge is 2.36. The van der Waals surface area contributed by atoms with Gasteiger partial charge in [0.05, 0.1) is 11.1 Å². The van der Waals surface area contributed by atoms with E-state index < -0.39 is 17.7 Å². The van der Waals surface area contributed by atoms with Crippen molar-refractivity contribution in [3.63, 3.8) is 0 Å². The Balaban J connectivity index is 1.50. The molecule has 0 aromatic heterocycles. The Hall–Kier alpha value is -2.70. The minimum absolute atomic E-state index is 0.107. The van der Waals surface area contributed by atoms with Crippen LogP contribution in [-0.2, 0) is 9.59 Å². The number of fused-ring (bicyclic) bond motifs is 1. The van der Waals surface area contributed by atoms with Gasteiger partial charge in [0.1, 0.15) is 6.54 Å². The second kappa shape index (κ2) is 6.82. The molecule has 0 bridgehead atoms. The number of amides is 4. The van der Waals surface area contributed by atoms with Crippen LogP contribution in [0.3, 0.4) is 0 Å². The van der Waals surface area contributed by atoms with Crippen LogP contribution in [0.5, 0.6) is 0 Å². The van der Waals surface area contributed by atoms with Gasteiger partial charge >= 0.3 is 0 Å². The Morgan fingerprint density at radius 1 is 1.04 bits per heavy atom. The maximum absolute atomic E-state index is 12.2. The molecule has 0 spiro atoms. The maximum atomic E-state index is 12.2. The van der Waals surface area contributed by atoms with Crippen molar-refractivity contribution in [2.75, 3.05) is 26.2 Å². The van der Waals surface area contributed by atoms with E-state index in [9.17, 15) is 19.2 Å². The average Bonchev–Trinajstić information content (AvgIpc) is 2.82. The molecule has 2 aliphatic heterocycles. The number of piperidine rings is 1. The molecule has 126 valence electrons. The molecule has 2 aliphatic rings. The van der Waals surface area contributed by atoms with Crippen LogP contribution in [0.4, 0.5) is 0 Å². The van der Waals surface area contributed by atoms with Crippen LogP contribution in [0.1, 0.15) is 40.0 Å². The molecule has 7 heteroatoms. The van der Waals surface area contributed by atoms with Gasteiger partial charge in [-0.25, -0.2) is 0 Å². The van der Waals surface area contributed by atoms with Crippen molar-refractivity contribution in [2.45, 2.75) is 19.3 Å². The average molecular weight is 329 g/mol. The van der Waals surface area contributed by atoms with E-state index in [0.717, 1.165) is 17.7 Å². The van der Waals surface area contributed by atoms with E-state index in [1.165, 1.54) is 0 Å². The number of rotatable bonds is 5. The first-order chi connectivity index (χ1) is 11.6. The zero-order valence-electron chi connectivity index (χ0n) is 13.3. The fourth-order valence-electron chi connectivity index (χ4n) is 3.01. The second-order valence-electron chi connectivity index (χ2n) is 5.93. The van der Waals surface area contributed by atoms with Gasteiger partial charge in [0.15, 0.2) is 0 Å². The molecule has 0 unspecified atom stereocenters. The number of benzene rings is 1. The van der Waals surface area contributed by atoms with Gasteiger partial charge in [0.2, 0.25) is 11.8 Å². The summed E-state index contributed by atoms with van der Waals surface area (Å²) in [7, 11) is 0. The minimum atomic E-state index is -0.447. The number of hydrogen-bond donors (Lipinski definition) is 1. The summed E-state index contributed by atoms with van der Waals surface area (Å²) in [5.74, 6) is -1.20. The SMILES string of the molecule is O=C(CN1C(=O)c2ccccc2C1=O)NCCN1CCCCC1=O. The standard InChI is InChI=1S/C17H19N3O4/c21-14(18-8-10-19-9-4-3-7-15(19)22)11-20-16(23)12-5-1-2-6-13(12)17(20)24/h1-2,5-6H,3-4,7-11H2,(H,18,21). The smallest absolute Gasteiger partial charge is 0.262 e. The summed E-state index contributed by atoms with van der Waals surface area (Å²) in [6, 6.07) is 6.53. The third kappa shape index (κ3) is 3.15. The lowest BCUT2D eigenvalue weighted by Crippen LogP contribution is -2.44. The van der Waals surface area contributed by atoms with Gasteiger partial charge in [0.25, 0.3) is 11.8 Å². The molecule has 3 rings (SSSR count). The highest BCUT2D eigenvalue weighted by Crippen LogP contribution is 2.21. The van der Waals surface area contributed by atoms with E-state index in [-0.39, 0.29) is 12.5 Å². The number of imide groups is 1. The van der Waals surface area contributed by atoms with Crippen molar-refractivity contribution < 1.29 is 19.2 Å². The second-order valence-corrected chi connectivity index (χ2v) is 5.93. The summed E-state index contributed by atoms with van der Waals surface area (Å²) < 4.78 is 0. The van der Waals surface area contributed by atoms with E-state index in [2.05, 4.69) is 5.32 Å². The molecular formula is C17H19N3O4. The van der Waals surface area contributed by atoms with Crippen LogP contribution in [0, 0.1) is 0 Å². The number of carbonyl (C=O) groups excluding carboxylic acids is 4. The summed E-state index contributed by atoms with van der Waals surface area (Å²) >= 11 is 0. The van der Waals surface area contributed by atoms with E-state index >= 15 is 0 Å². The fourth-order valence-corrected chi connectivity index (χ4v) is 3.01. The van der Waals surface area contributed by atoms with E-state index in [0.29, 0.717) is 37.2 Å². The molecule has 24 heavy (non-hydrogen) atoms. The molecule has 0 radical (unpaired) electrons. The van der Waals surface area contributed by atoms with Crippen LogP contribution in [0.25, 0.3) is 0 Å². The Morgan fingerprint density at radius 2 is 1.71 bits per heavy atom. The zero-order chi connectivity index (χ0) is 17.1. The first kappa shape index (κ1) is 16.2. The molecule has 1 saturated heterocycles. The maximum Gasteiger partial charge on any atom is 0.262 e. The minimum Gasteiger partial charge on any atom is -0.353 e. The van der Waals surface area contributed by atoms with Crippen LogP contribution in [0.2, 0.25) is 0 Å². The number of hydrogen-bond acceptors (Lipinski definition) is 4. The summed E-state index contributed by atoms with van der Waals surface area (Å²) in [6.45, 7) is 1.17. The highest BCUT2D eigenvalue weighted by atomic mass is 16.2. The number of nitrogens with one attached hydrogen (secondary N) is 1. The molecule has 1 aromatic rings. The number of nitrogens with zero attached hydrogens (tertiary/aromatic N) is 2. The van der Waals surface area contributed by atoms with E-state index in [1.807, 2.05) is 0 Å². The van der Waals surface area contributed by atoms with Gasteiger partial charge in [-0.15, -0.1) is 0 Å². The first-order valence-corrected chi connectivity index (χ1v) is 8.07. The quantitative estimate of drug-likeness (QED) is 0.793. The molecule has 1 N–H and O–H groups in total. The fraction of sp³-hybridized carbons (Fsp3) is 0.412. The monoisotopic (exact) mass is 329 g/mol. The van der Waals surface area contributed by atoms with E-state index in [4.69, 9.17) is 0 Å². The van der Waals surface area contributed by atoms with Crippen molar-refractivity contribution >= 4 is 23.6 Å². The Morgan fingerprint density at radius 3 is 2.33 bits per heavy atom. The largest absolute Gasteiger partial charge is 0.353 e. The molecular weight excluding hydrogens is 310 g/mol. The van der Waals surface area contributed by atoms with Crippen LogP contribution in [0.15, 0.2) is 24.3 Å². The van der Waals surface area contributed by atoms with Gasteiger partial charge in [-0.05, 0) is 25.0 Å². The third-order valence-corrected chi connectivity index (χ3v) is 4.31. The predicted molar refractivity (Wildman–Crippen MR) is 85.2 cm³/mol. The Labute approximate surface area is 139 Å². The van der Waals surface area contributed by atoms with Crippen molar-refractivity contribution in [3.05, 3.63) is 35.4 Å². The van der Waals surface area contributed by atoms with Crippen LogP contribution >= 0.6 is 0 Å². The molecule has 0 atom stereocenters. The number of likely N-dealkylation sites (tertiary alicyclic amines) is 1. The molecule has 7 nitrogen and oxygen atoms in total. The summed E-state index contributed by atoms with van der Waals surface area (Å²) in [4.78, 5) is 50.7. The molecule has 4 amide bonds. The molecule has 2 heterocycles. The van der Waals surface area contributed by atoms with Crippen LogP contribution in [-0.4, -0.2) is 59.6 Å². The van der Waals surface area contributed by atoms with Gasteiger partial charge in [0, 0.05) is 26.1 Å². The van der Waals surface area contributed by atoms with Gasteiger partial charge in [-0.3, -0.25) is 24.1 Å². The normalized spacial score (nSPS) is 17.2. The lowest BCUT2D eigenvalue weighted by Gasteiger charge is -2.26. The van der Waals surface area contributed by atoms with Gasteiger partial charge in [-0.2, -0.15) is 0 Å². The number of carbonyl (C=O) groups is 4. The van der Waals surface area contributed by atoms with Crippen molar-refractivity contribution in [3.8, 4) is 0 Å². The van der Waals surface area contributed by atoms with Crippen molar-refractivity contribution in [1.82, 2.24) is 15.1 Å². The lowest BCUT2D eigenvalue weighted by atomic mass is 10.1. The van der Waals surface area contributed by atoms with Crippen LogP contribution < -0.4 is 5.32 Å². The van der Waals surface area contributed by atoms with E-state index in [1.54, 1.807) is 29.2 Å². The third-order valence-electron chi connectivity index (χ3n) is 4.31. The summed E-state index contributed by atoms with van der Waals surface area (Å²) in [5.41, 5.74) is 0.656. The molecule has 1 aromatic carbocycles. The Kier molecular flexibility index (Phi) is 4.59. The zero-order valence-corrected chi connectivity index (χ0v) is 13.3. The van der Waals surface area contributed by atoms with Gasteiger partial charge in [-0.1, -0.05) is 12.1 Å². The highest BCUT2D eigenvalue weighted by molar-refractivity contribution is 6.22. The molecule has 0 saturated carbocycles. The predicted octanol–water partition coefficient (Wildman–Crippen LogP) is 0.411. The van der Waals surface area contributed by atoms with Gasteiger partial charge < -0.3 is 10.2 Å². The van der Waals surface area contributed by atoms with Crippen molar-refractivity contribution in [1.29, 1.82) is 0 Å². The summed E-state index contributed by atoms with van der Waals surface area (Å²) in [6.07, 6.45) is 2.46. The summed E-state index contributed by atoms with van der Waals surface area (Å²) in [5, 5.41) is 2.67. The lowest BCUT2D eigenvalue weighted by molar-refractivity contribution is -0.133. The topological polar surface area (TPSA) is 86.8 Å². The first-order valence-electron chi connectivity index (χ1n) is 8.07.